The largest absolute Gasteiger partial charge is 0.465 e. The maximum absolute atomic E-state index is 14.5. The molecule has 1 aliphatic carbocycles. The first-order chi connectivity index (χ1) is 29.0. The molecule has 2 unspecified atom stereocenters. The van der Waals surface area contributed by atoms with Crippen LogP contribution in [0.3, 0.4) is 0 Å². The summed E-state index contributed by atoms with van der Waals surface area (Å²) >= 11 is 1.33. The van der Waals surface area contributed by atoms with Crippen LogP contribution in [0.5, 0.6) is 5.75 Å². The number of benzene rings is 2. The number of amides is 3. The highest BCUT2D eigenvalue weighted by molar-refractivity contribution is 7.56. The summed E-state index contributed by atoms with van der Waals surface area (Å²) in [5, 5.41) is 17.0. The quantitative estimate of drug-likeness (QED) is 0.0978. The monoisotopic (exact) mass is 850 g/mol. The van der Waals surface area contributed by atoms with Crippen molar-refractivity contribution >= 4 is 52.6 Å². The first kappa shape index (κ1) is 41.6. The minimum Gasteiger partial charge on any atom is -0.465 e. The number of aromatic nitrogens is 1. The summed E-state index contributed by atoms with van der Waals surface area (Å²) in [5.74, 6) is -1.49. The van der Waals surface area contributed by atoms with Gasteiger partial charge in [0.05, 0.1) is 41.1 Å². The Morgan fingerprint density at radius 3 is 2.62 bits per heavy atom. The lowest BCUT2D eigenvalue weighted by atomic mass is 9.85. The van der Waals surface area contributed by atoms with Gasteiger partial charge in [-0.15, -0.1) is 11.3 Å². The van der Waals surface area contributed by atoms with Crippen LogP contribution in [0, 0.1) is 23.2 Å². The van der Waals surface area contributed by atoms with E-state index < -0.39 is 37.0 Å². The lowest BCUT2D eigenvalue weighted by Gasteiger charge is -2.35. The molecule has 5 heterocycles. The molecule has 0 bridgehead atoms. The second-order valence-electron chi connectivity index (χ2n) is 16.6. The van der Waals surface area contributed by atoms with Crippen LogP contribution < -0.4 is 14.9 Å². The normalized spacial score (nSPS) is 24.6. The first-order valence-corrected chi connectivity index (χ1v) is 23.7. The Labute approximate surface area is 354 Å². The number of hydrogen-bond acceptors (Lipinski definition) is 10. The zero-order valence-electron chi connectivity index (χ0n) is 34.0. The molecule has 314 valence electrons. The average Bonchev–Trinajstić information content (AvgIpc) is 3.62. The predicted molar refractivity (Wildman–Crippen MR) is 227 cm³/mol. The summed E-state index contributed by atoms with van der Waals surface area (Å²) in [6, 6.07) is 21.0. The van der Waals surface area contributed by atoms with E-state index in [-0.39, 0.29) is 54.9 Å². The summed E-state index contributed by atoms with van der Waals surface area (Å²) in [4.78, 5) is 63.6. The van der Waals surface area contributed by atoms with E-state index in [2.05, 4.69) is 21.5 Å². The van der Waals surface area contributed by atoms with Gasteiger partial charge in [-0.25, -0.2) is 5.09 Å². The molecular weight excluding hydrogens is 800 g/mol. The second kappa shape index (κ2) is 17.5. The maximum atomic E-state index is 14.5. The van der Waals surface area contributed by atoms with Crippen molar-refractivity contribution in [2.24, 2.45) is 11.8 Å². The molecule has 4 aliphatic rings. The topological polar surface area (TPSA) is 171 Å². The van der Waals surface area contributed by atoms with Gasteiger partial charge in [0.1, 0.15) is 17.8 Å². The number of fused-ring (bicyclic) bond motifs is 2. The molecule has 15 heteroatoms. The van der Waals surface area contributed by atoms with Gasteiger partial charge in [-0.1, -0.05) is 43.7 Å². The minimum atomic E-state index is -3.68. The molecule has 2 aromatic heterocycles. The summed E-state index contributed by atoms with van der Waals surface area (Å²) in [6.45, 7) is 4.35. The summed E-state index contributed by atoms with van der Waals surface area (Å²) in [5.41, 5.74) is 1.16. The van der Waals surface area contributed by atoms with E-state index in [1.54, 1.807) is 49.6 Å². The van der Waals surface area contributed by atoms with E-state index in [0.29, 0.717) is 42.0 Å². The zero-order chi connectivity index (χ0) is 42.0. The molecule has 0 radical (unpaired) electrons. The highest BCUT2D eigenvalue weighted by Crippen LogP contribution is 2.58. The SMILES string of the molecule is CCCOC(=O)[C@H](C)NP(=O)(Cc1ccc2sc(C(=O)NCC3CCC[C@H]4CC[C@@H](C(=O)N5C[C@@H](c6cccnc6)[C@H](C#N)C56CC6)N4C3=O)cc2c1)Oc1ccccc1. The number of nitrogens with one attached hydrogen (secondary N) is 2. The fourth-order valence-corrected chi connectivity index (χ4v) is 12.5. The highest BCUT2D eigenvalue weighted by atomic mass is 32.1. The second-order valence-corrected chi connectivity index (χ2v) is 19.8. The predicted octanol–water partition coefficient (Wildman–Crippen LogP) is 7.19. The molecule has 7 atom stereocenters. The molecular formula is C45H51N6O7PS. The van der Waals surface area contributed by atoms with Gasteiger partial charge in [-0.3, -0.25) is 28.7 Å². The Hall–Kier alpha value is -5.09. The number of esters is 1. The van der Waals surface area contributed by atoms with E-state index in [0.717, 1.165) is 47.8 Å². The Bertz CT molecular complexity index is 2330. The smallest absolute Gasteiger partial charge is 0.323 e. The van der Waals surface area contributed by atoms with Gasteiger partial charge >= 0.3 is 13.5 Å². The van der Waals surface area contributed by atoms with Gasteiger partial charge in [0.25, 0.3) is 5.91 Å². The van der Waals surface area contributed by atoms with E-state index in [4.69, 9.17) is 9.26 Å². The number of para-hydroxylation sites is 1. The molecule has 3 saturated heterocycles. The average molecular weight is 851 g/mol. The zero-order valence-corrected chi connectivity index (χ0v) is 35.7. The molecule has 4 aromatic rings. The van der Waals surface area contributed by atoms with Gasteiger partial charge in [-0.05, 0) is 105 Å². The number of nitrogens with zero attached hydrogens (tertiary/aromatic N) is 4. The van der Waals surface area contributed by atoms with E-state index >= 15 is 0 Å². The molecule has 1 saturated carbocycles. The fraction of sp³-hybridized carbons (Fsp3) is 0.467. The van der Waals surface area contributed by atoms with Crippen molar-refractivity contribution in [3.63, 3.8) is 0 Å². The van der Waals surface area contributed by atoms with Crippen LogP contribution in [0.1, 0.15) is 91.9 Å². The molecule has 3 aliphatic heterocycles. The number of likely N-dealkylation sites (tertiary alicyclic amines) is 1. The van der Waals surface area contributed by atoms with Gasteiger partial charge in [0, 0.05) is 42.1 Å². The van der Waals surface area contributed by atoms with Crippen LogP contribution >= 0.6 is 18.9 Å². The molecule has 4 fully saturated rings. The highest BCUT2D eigenvalue weighted by Gasteiger charge is 2.64. The Kier molecular flexibility index (Phi) is 12.1. The summed E-state index contributed by atoms with van der Waals surface area (Å²) in [7, 11) is -3.68. The molecule has 8 rings (SSSR count). The fourth-order valence-electron chi connectivity index (χ4n) is 9.47. The van der Waals surface area contributed by atoms with Crippen molar-refractivity contribution in [2.45, 2.75) is 101 Å². The molecule has 3 amide bonds. The summed E-state index contributed by atoms with van der Waals surface area (Å²) in [6.07, 6.45) is 9.29. The van der Waals surface area contributed by atoms with Crippen molar-refractivity contribution in [1.29, 1.82) is 5.26 Å². The number of hydrogen-bond donors (Lipinski definition) is 2. The van der Waals surface area contributed by atoms with Gasteiger partial charge in [0.15, 0.2) is 0 Å². The van der Waals surface area contributed by atoms with Gasteiger partial charge < -0.3 is 24.4 Å². The van der Waals surface area contributed by atoms with Crippen molar-refractivity contribution < 1.29 is 33.0 Å². The van der Waals surface area contributed by atoms with Crippen LogP contribution in [-0.2, 0) is 29.8 Å². The third kappa shape index (κ3) is 8.45. The van der Waals surface area contributed by atoms with Crippen LogP contribution in [0.25, 0.3) is 10.1 Å². The van der Waals surface area contributed by atoms with E-state index in [9.17, 15) is 29.0 Å². The van der Waals surface area contributed by atoms with Crippen molar-refractivity contribution in [2.75, 3.05) is 19.7 Å². The lowest BCUT2D eigenvalue weighted by molar-refractivity contribution is -0.148. The Balaban J connectivity index is 0.931. The number of carbonyl (C=O) groups excluding carboxylic acids is 4. The van der Waals surface area contributed by atoms with Crippen LogP contribution in [0.4, 0.5) is 0 Å². The Morgan fingerprint density at radius 1 is 1.07 bits per heavy atom. The minimum absolute atomic E-state index is 0.0197. The molecule has 2 N–H and O–H groups in total. The number of carbonyl (C=O) groups is 4. The van der Waals surface area contributed by atoms with Crippen molar-refractivity contribution in [3.8, 4) is 11.8 Å². The van der Waals surface area contributed by atoms with E-state index in [1.807, 2.05) is 53.1 Å². The van der Waals surface area contributed by atoms with Crippen LogP contribution in [0.2, 0.25) is 0 Å². The third-order valence-corrected chi connectivity index (χ3v) is 15.7. The van der Waals surface area contributed by atoms with Crippen molar-refractivity contribution in [1.82, 2.24) is 25.2 Å². The molecule has 13 nitrogen and oxygen atoms in total. The standard InChI is InChI=1S/C45H51N6O7PS/c1-3-21-57-44(55)29(2)49-59(56,58-35-12-5-4-6-13-35)28-30-14-17-39-33(22-30)23-40(60-39)41(52)48-26-32-9-7-11-34-15-16-38(51(34)42(32)53)43(54)50-27-36(31-10-8-20-47-25-31)37(24-46)45(50)18-19-45/h4-6,8,10,12-14,17,20,22-23,25,29,32,34,36-38H,3,7,9,11,15-16,18-19,21,26-28H2,1-2H3,(H,48,52)(H,49,56)/t29-,32?,34-,36-,37-,38-,59?/m0/s1. The van der Waals surface area contributed by atoms with Gasteiger partial charge in [0.2, 0.25) is 11.8 Å². The molecule has 60 heavy (non-hydrogen) atoms. The lowest BCUT2D eigenvalue weighted by Crippen LogP contribution is -2.54. The maximum Gasteiger partial charge on any atom is 0.323 e. The van der Waals surface area contributed by atoms with Crippen molar-refractivity contribution in [3.05, 3.63) is 95.1 Å². The summed E-state index contributed by atoms with van der Waals surface area (Å²) < 4.78 is 26.5. The molecule has 1 spiro atoms. The first-order valence-electron chi connectivity index (χ1n) is 21.0. The third-order valence-electron chi connectivity index (χ3n) is 12.6. The number of ether oxygens (including phenoxy) is 1. The number of rotatable bonds is 14. The Morgan fingerprint density at radius 2 is 1.88 bits per heavy atom. The number of thiophene rings is 1. The van der Waals surface area contributed by atoms with E-state index in [1.165, 1.54) is 11.3 Å². The van der Waals surface area contributed by atoms with Gasteiger partial charge in [-0.2, -0.15) is 5.26 Å². The number of nitriles is 1. The number of pyridine rings is 1. The molecule has 2 aromatic carbocycles. The van der Waals surface area contributed by atoms with Crippen LogP contribution in [-0.4, -0.2) is 81.8 Å². The van der Waals surface area contributed by atoms with Crippen LogP contribution in [0.15, 0.2) is 79.1 Å².